The molecule has 1 atom stereocenters. The van der Waals surface area contributed by atoms with Crippen molar-refractivity contribution in [1.29, 1.82) is 0 Å². The molecule has 2 aromatic rings. The van der Waals surface area contributed by atoms with Gasteiger partial charge >= 0.3 is 0 Å². The monoisotopic (exact) mass is 202 g/mol. The summed E-state index contributed by atoms with van der Waals surface area (Å²) in [5, 5.41) is 1.25. The maximum atomic E-state index is 2.66. The van der Waals surface area contributed by atoms with Gasteiger partial charge in [-0.1, -0.05) is 66.2 Å². The van der Waals surface area contributed by atoms with E-state index >= 15 is 0 Å². The van der Waals surface area contributed by atoms with Gasteiger partial charge in [0.15, 0.2) is 0 Å². The largest absolute Gasteiger partial charge is 0.106 e. The number of hydrogen-bond acceptors (Lipinski definition) is 0. The van der Waals surface area contributed by atoms with Crippen molar-refractivity contribution in [1.82, 2.24) is 0 Å². The summed E-state index contributed by atoms with van der Waals surface area (Å²) in [6.07, 6.45) is 0. The summed E-state index contributed by atoms with van der Waals surface area (Å²) in [6.45, 7) is 2.09. The van der Waals surface area contributed by atoms with E-state index in [4.69, 9.17) is 0 Å². The maximum absolute atomic E-state index is 2.66. The molecule has 0 aromatic heterocycles. The van der Waals surface area contributed by atoms with Crippen LogP contribution in [0.1, 0.15) is 5.56 Å². The zero-order valence-corrected chi connectivity index (χ0v) is 9.51. The van der Waals surface area contributed by atoms with Crippen LogP contribution in [-0.2, 0) is 0 Å². The molecule has 0 aliphatic carbocycles. The Balaban J connectivity index is 0.000000146. The Morgan fingerprint density at radius 2 is 1.29 bits per heavy atom. The normalized spacial score (nSPS) is 8.71. The third-order valence-corrected chi connectivity index (χ3v) is 2.07. The second kappa shape index (κ2) is 6.34. The van der Waals surface area contributed by atoms with Crippen molar-refractivity contribution in [3.05, 3.63) is 66.2 Å². The molecule has 0 N–H and O–H groups in total. The Bertz CT molecular complexity index is 311. The van der Waals surface area contributed by atoms with Crippen molar-refractivity contribution in [2.24, 2.45) is 0 Å². The van der Waals surface area contributed by atoms with Gasteiger partial charge in [0.25, 0.3) is 0 Å². The quantitative estimate of drug-likeness (QED) is 0.575. The first-order valence-electron chi connectivity index (χ1n) is 4.61. The zero-order valence-electron chi connectivity index (χ0n) is 8.35. The van der Waals surface area contributed by atoms with Gasteiger partial charge in [-0.15, -0.1) is 9.24 Å². The summed E-state index contributed by atoms with van der Waals surface area (Å²) in [5.41, 5.74) is 1.32. The van der Waals surface area contributed by atoms with Crippen molar-refractivity contribution < 1.29 is 0 Å². The van der Waals surface area contributed by atoms with Crippen LogP contribution >= 0.6 is 9.24 Å². The Hall–Kier alpha value is -1.13. The molecule has 0 saturated heterocycles. The van der Waals surface area contributed by atoms with E-state index in [1.54, 1.807) is 0 Å². The topological polar surface area (TPSA) is 0 Å². The summed E-state index contributed by atoms with van der Waals surface area (Å²) in [5.74, 6) is 0. The van der Waals surface area contributed by atoms with Crippen LogP contribution in [0.2, 0.25) is 0 Å². The first kappa shape index (κ1) is 10.9. The average molecular weight is 202 g/mol. The van der Waals surface area contributed by atoms with Crippen molar-refractivity contribution in [3.8, 4) is 0 Å². The molecule has 0 amide bonds. The lowest BCUT2D eigenvalue weighted by Crippen LogP contribution is -1.87. The van der Waals surface area contributed by atoms with Crippen molar-refractivity contribution in [2.45, 2.75) is 6.92 Å². The molecule has 0 saturated carbocycles. The number of benzene rings is 2. The van der Waals surface area contributed by atoms with Crippen LogP contribution in [-0.4, -0.2) is 0 Å². The molecule has 0 aliphatic rings. The molecule has 72 valence electrons. The predicted octanol–water partition coefficient (Wildman–Crippen LogP) is 3.18. The van der Waals surface area contributed by atoms with E-state index in [1.165, 1.54) is 10.9 Å². The predicted molar refractivity (Wildman–Crippen MR) is 67.0 cm³/mol. The van der Waals surface area contributed by atoms with Crippen LogP contribution in [0.25, 0.3) is 0 Å². The molecular weight excluding hydrogens is 187 g/mol. The molecule has 0 heterocycles. The lowest BCUT2D eigenvalue weighted by atomic mass is 10.2. The van der Waals surface area contributed by atoms with Crippen LogP contribution in [0.4, 0.5) is 0 Å². The fourth-order valence-electron chi connectivity index (χ4n) is 1.06. The Kier molecular flexibility index (Phi) is 4.96. The van der Waals surface area contributed by atoms with Gasteiger partial charge in [0, 0.05) is 0 Å². The summed E-state index contributed by atoms with van der Waals surface area (Å²) in [6, 6.07) is 20.3. The number of rotatable bonds is 0. The van der Waals surface area contributed by atoms with E-state index in [1.807, 2.05) is 36.4 Å². The highest BCUT2D eigenvalue weighted by Crippen LogP contribution is 1.95. The van der Waals surface area contributed by atoms with Crippen molar-refractivity contribution in [2.75, 3.05) is 0 Å². The number of aryl methyl sites for hydroxylation is 1. The Morgan fingerprint density at radius 1 is 0.786 bits per heavy atom. The zero-order chi connectivity index (χ0) is 10.2. The van der Waals surface area contributed by atoms with Crippen LogP contribution in [0.5, 0.6) is 0 Å². The molecule has 2 rings (SSSR count). The SMILES string of the molecule is Cc1cccc(P)c1.c1ccccc1. The first-order chi connectivity index (χ1) is 6.79. The van der Waals surface area contributed by atoms with E-state index in [2.05, 4.69) is 40.4 Å². The van der Waals surface area contributed by atoms with Crippen LogP contribution < -0.4 is 5.30 Å². The molecule has 2 aromatic carbocycles. The van der Waals surface area contributed by atoms with E-state index in [0.29, 0.717) is 0 Å². The Morgan fingerprint density at radius 3 is 1.57 bits per heavy atom. The highest BCUT2D eigenvalue weighted by Gasteiger charge is 1.80. The summed E-state index contributed by atoms with van der Waals surface area (Å²) >= 11 is 0. The van der Waals surface area contributed by atoms with Gasteiger partial charge in [-0.3, -0.25) is 0 Å². The van der Waals surface area contributed by atoms with Crippen molar-refractivity contribution in [3.63, 3.8) is 0 Å². The third-order valence-electron chi connectivity index (χ3n) is 1.71. The second-order valence-electron chi connectivity index (χ2n) is 3.07. The second-order valence-corrected chi connectivity index (χ2v) is 3.74. The molecule has 0 aliphatic heterocycles. The van der Waals surface area contributed by atoms with E-state index in [-0.39, 0.29) is 0 Å². The molecule has 0 bridgehead atoms. The average Bonchev–Trinajstić information content (AvgIpc) is 2.21. The lowest BCUT2D eigenvalue weighted by molar-refractivity contribution is 1.50. The Labute approximate surface area is 88.2 Å². The summed E-state index contributed by atoms with van der Waals surface area (Å²) < 4.78 is 0. The minimum Gasteiger partial charge on any atom is -0.106 e. The van der Waals surface area contributed by atoms with E-state index in [0.717, 1.165) is 0 Å². The molecule has 0 radical (unpaired) electrons. The minimum atomic E-state index is 1.25. The first-order valence-corrected chi connectivity index (χ1v) is 5.19. The van der Waals surface area contributed by atoms with E-state index in [9.17, 15) is 0 Å². The highest BCUT2D eigenvalue weighted by atomic mass is 31.0. The fraction of sp³-hybridized carbons (Fsp3) is 0.0769. The number of hydrogen-bond donors (Lipinski definition) is 0. The smallest absolute Gasteiger partial charge is 0.0300 e. The van der Waals surface area contributed by atoms with Gasteiger partial charge in [-0.25, -0.2) is 0 Å². The third kappa shape index (κ3) is 4.79. The lowest BCUT2D eigenvalue weighted by Gasteiger charge is -1.90. The highest BCUT2D eigenvalue weighted by molar-refractivity contribution is 7.27. The molecule has 14 heavy (non-hydrogen) atoms. The molecule has 0 fully saturated rings. The van der Waals surface area contributed by atoms with Gasteiger partial charge in [-0.05, 0) is 12.2 Å². The minimum absolute atomic E-state index is 1.25. The van der Waals surface area contributed by atoms with Gasteiger partial charge in [-0.2, -0.15) is 0 Å². The molecular formula is C13H15P. The molecule has 1 unspecified atom stereocenters. The molecule has 1 heteroatoms. The standard InChI is InChI=1S/C7H9P.C6H6/c1-6-3-2-4-7(8)5-6;1-2-4-6-5-3-1/h2-5H,8H2,1H3;1-6H. The fourth-order valence-corrected chi connectivity index (χ4v) is 1.43. The van der Waals surface area contributed by atoms with Crippen LogP contribution in [0.15, 0.2) is 60.7 Å². The maximum Gasteiger partial charge on any atom is -0.0300 e. The van der Waals surface area contributed by atoms with Gasteiger partial charge < -0.3 is 0 Å². The summed E-state index contributed by atoms with van der Waals surface area (Å²) in [4.78, 5) is 0. The molecule has 0 spiro atoms. The van der Waals surface area contributed by atoms with E-state index < -0.39 is 0 Å². The van der Waals surface area contributed by atoms with Gasteiger partial charge in [0.1, 0.15) is 0 Å². The van der Waals surface area contributed by atoms with Gasteiger partial charge in [0.05, 0.1) is 0 Å². The van der Waals surface area contributed by atoms with Crippen LogP contribution in [0.3, 0.4) is 0 Å². The van der Waals surface area contributed by atoms with Crippen LogP contribution in [0, 0.1) is 6.92 Å². The van der Waals surface area contributed by atoms with Gasteiger partial charge in [0.2, 0.25) is 0 Å². The molecule has 0 nitrogen and oxygen atoms in total. The van der Waals surface area contributed by atoms with Crippen molar-refractivity contribution >= 4 is 14.5 Å². The summed E-state index contributed by atoms with van der Waals surface area (Å²) in [7, 11) is 2.66.